The van der Waals surface area contributed by atoms with Crippen molar-refractivity contribution in [2.24, 2.45) is 5.92 Å². The molecule has 1 fully saturated rings. The lowest BCUT2D eigenvalue weighted by Gasteiger charge is -2.29. The summed E-state index contributed by atoms with van der Waals surface area (Å²) in [7, 11) is 3.34. The molecule has 0 aliphatic carbocycles. The molecule has 1 aliphatic heterocycles. The zero-order valence-corrected chi connectivity index (χ0v) is 15.7. The summed E-state index contributed by atoms with van der Waals surface area (Å²) in [5.41, 5.74) is 3.04. The molecule has 3 rings (SSSR count). The van der Waals surface area contributed by atoms with E-state index in [0.29, 0.717) is 6.54 Å². The molecule has 1 aliphatic rings. The average Bonchev–Trinajstić information content (AvgIpc) is 3.24. The van der Waals surface area contributed by atoms with Crippen molar-refractivity contribution in [3.05, 3.63) is 24.0 Å². The Bertz CT molecular complexity index is 820. The highest BCUT2D eigenvalue weighted by Gasteiger charge is 2.37. The van der Waals surface area contributed by atoms with E-state index in [9.17, 15) is 9.59 Å². The monoisotopic (exact) mass is 356 g/mol. The SMILES string of the molecule is Bc1ccc2nc([C@@H]3CCCN3C(=O)[C@@H](NC(=O)OC)C(C)C)[nH]c2c1. The summed E-state index contributed by atoms with van der Waals surface area (Å²) in [6.07, 6.45) is 1.18. The second-order valence-electron chi connectivity index (χ2n) is 7.19. The second kappa shape index (κ2) is 7.39. The number of carbonyl (C=O) groups excluding carboxylic acids is 2. The van der Waals surface area contributed by atoms with Crippen molar-refractivity contribution >= 4 is 36.3 Å². The molecule has 0 saturated carbocycles. The summed E-state index contributed by atoms with van der Waals surface area (Å²) >= 11 is 0. The fourth-order valence-electron chi connectivity index (χ4n) is 3.49. The summed E-state index contributed by atoms with van der Waals surface area (Å²) in [6, 6.07) is 5.36. The third kappa shape index (κ3) is 3.54. The number of hydrogen-bond donors (Lipinski definition) is 2. The van der Waals surface area contributed by atoms with Crippen LogP contribution in [-0.4, -0.2) is 54.4 Å². The number of alkyl carbamates (subject to hydrolysis) is 1. The molecule has 1 aromatic carbocycles. The Morgan fingerprint density at radius 1 is 1.42 bits per heavy atom. The van der Waals surface area contributed by atoms with Gasteiger partial charge >= 0.3 is 6.09 Å². The minimum atomic E-state index is -0.616. The van der Waals surface area contributed by atoms with E-state index in [1.807, 2.05) is 38.7 Å². The molecular weight excluding hydrogens is 331 g/mol. The van der Waals surface area contributed by atoms with E-state index in [2.05, 4.69) is 26.1 Å². The fraction of sp³-hybridized carbons (Fsp3) is 0.500. The number of imidazole rings is 1. The van der Waals surface area contributed by atoms with E-state index in [1.165, 1.54) is 7.11 Å². The molecule has 7 nitrogen and oxygen atoms in total. The average molecular weight is 356 g/mol. The second-order valence-corrected chi connectivity index (χ2v) is 7.19. The third-order valence-electron chi connectivity index (χ3n) is 4.90. The van der Waals surface area contributed by atoms with Crippen molar-refractivity contribution < 1.29 is 14.3 Å². The molecule has 2 amide bonds. The van der Waals surface area contributed by atoms with Gasteiger partial charge < -0.3 is 19.9 Å². The van der Waals surface area contributed by atoms with Gasteiger partial charge in [0.2, 0.25) is 5.91 Å². The number of ether oxygens (including phenoxy) is 1. The predicted octanol–water partition coefficient (Wildman–Crippen LogP) is 0.865. The number of fused-ring (bicyclic) bond motifs is 1. The Hall–Kier alpha value is -2.51. The van der Waals surface area contributed by atoms with Crippen molar-refractivity contribution in [2.45, 2.75) is 38.8 Å². The summed E-state index contributed by atoms with van der Waals surface area (Å²) in [6.45, 7) is 4.48. The molecule has 2 heterocycles. The van der Waals surface area contributed by atoms with Crippen LogP contribution in [0.2, 0.25) is 0 Å². The van der Waals surface area contributed by atoms with Gasteiger partial charge in [-0.1, -0.05) is 25.4 Å². The Kier molecular flexibility index (Phi) is 5.20. The molecule has 0 spiro atoms. The first-order valence-corrected chi connectivity index (χ1v) is 9.02. The Morgan fingerprint density at radius 2 is 2.19 bits per heavy atom. The standard InChI is InChI=1S/C18H25BN4O3/c1-10(2)15(22-18(25)26-3)17(24)23-8-4-5-14(23)16-20-12-7-6-11(19)9-13(12)21-16/h6-7,9-10,14-15H,4-5,8,19H2,1-3H3,(H,20,21)(H,22,25)/t14-,15-/m0/s1. The van der Waals surface area contributed by atoms with Gasteiger partial charge in [-0.3, -0.25) is 4.79 Å². The minimum absolute atomic E-state index is 0.0406. The van der Waals surface area contributed by atoms with Crippen LogP contribution in [0.5, 0.6) is 0 Å². The van der Waals surface area contributed by atoms with Crippen molar-refractivity contribution in [1.82, 2.24) is 20.2 Å². The minimum Gasteiger partial charge on any atom is -0.453 e. The number of carbonyl (C=O) groups is 2. The zero-order valence-electron chi connectivity index (χ0n) is 15.7. The molecule has 2 atom stereocenters. The first-order chi connectivity index (χ1) is 12.4. The maximum Gasteiger partial charge on any atom is 0.407 e. The highest BCUT2D eigenvalue weighted by Crippen LogP contribution is 2.32. The van der Waals surface area contributed by atoms with Gasteiger partial charge in [0.05, 0.1) is 24.2 Å². The van der Waals surface area contributed by atoms with Crippen LogP contribution in [0.15, 0.2) is 18.2 Å². The summed E-state index contributed by atoms with van der Waals surface area (Å²) in [4.78, 5) is 34.6. The van der Waals surface area contributed by atoms with E-state index in [0.717, 1.165) is 35.2 Å². The van der Waals surface area contributed by atoms with Crippen LogP contribution in [0, 0.1) is 5.92 Å². The predicted molar refractivity (Wildman–Crippen MR) is 102 cm³/mol. The van der Waals surface area contributed by atoms with Crippen molar-refractivity contribution in [3.63, 3.8) is 0 Å². The number of methoxy groups -OCH3 is 1. The largest absolute Gasteiger partial charge is 0.453 e. The van der Waals surface area contributed by atoms with E-state index in [4.69, 9.17) is 0 Å². The Balaban J connectivity index is 1.85. The highest BCUT2D eigenvalue weighted by molar-refractivity contribution is 6.33. The van der Waals surface area contributed by atoms with Crippen LogP contribution in [0.4, 0.5) is 4.79 Å². The maximum atomic E-state index is 13.1. The van der Waals surface area contributed by atoms with Crippen molar-refractivity contribution in [3.8, 4) is 0 Å². The molecule has 1 saturated heterocycles. The normalized spacial score (nSPS) is 18.3. The number of nitrogens with zero attached hydrogens (tertiary/aromatic N) is 2. The first-order valence-electron chi connectivity index (χ1n) is 9.02. The van der Waals surface area contributed by atoms with E-state index < -0.39 is 12.1 Å². The van der Waals surface area contributed by atoms with Gasteiger partial charge in [0.15, 0.2) is 0 Å². The van der Waals surface area contributed by atoms with E-state index in [-0.39, 0.29) is 17.9 Å². The lowest BCUT2D eigenvalue weighted by molar-refractivity contribution is -0.135. The van der Waals surface area contributed by atoms with E-state index >= 15 is 0 Å². The smallest absolute Gasteiger partial charge is 0.407 e. The van der Waals surface area contributed by atoms with Crippen LogP contribution >= 0.6 is 0 Å². The summed E-state index contributed by atoms with van der Waals surface area (Å²) < 4.78 is 4.67. The van der Waals surface area contributed by atoms with Crippen LogP contribution in [0.1, 0.15) is 38.6 Å². The number of amides is 2. The number of hydrogen-bond acceptors (Lipinski definition) is 4. The molecule has 8 heteroatoms. The molecule has 1 aromatic heterocycles. The van der Waals surface area contributed by atoms with Crippen LogP contribution in [0.3, 0.4) is 0 Å². The lowest BCUT2D eigenvalue weighted by Crippen LogP contribution is -2.51. The molecule has 26 heavy (non-hydrogen) atoms. The Labute approximate surface area is 153 Å². The van der Waals surface area contributed by atoms with Gasteiger partial charge in [-0.15, -0.1) is 0 Å². The number of rotatable bonds is 4. The van der Waals surface area contributed by atoms with Gasteiger partial charge in [0.25, 0.3) is 0 Å². The molecule has 2 aromatic rings. The van der Waals surface area contributed by atoms with Crippen molar-refractivity contribution in [2.75, 3.05) is 13.7 Å². The van der Waals surface area contributed by atoms with E-state index in [1.54, 1.807) is 0 Å². The zero-order chi connectivity index (χ0) is 18.8. The summed E-state index contributed by atoms with van der Waals surface area (Å²) in [5.74, 6) is 0.669. The molecule has 0 bridgehead atoms. The number of nitrogens with one attached hydrogen (secondary N) is 2. The van der Waals surface area contributed by atoms with Crippen LogP contribution < -0.4 is 10.8 Å². The van der Waals surface area contributed by atoms with Gasteiger partial charge in [0, 0.05) is 6.54 Å². The number of H-pyrrole nitrogens is 1. The van der Waals surface area contributed by atoms with Gasteiger partial charge in [-0.05, 0) is 30.9 Å². The first kappa shape index (κ1) is 18.3. The van der Waals surface area contributed by atoms with Gasteiger partial charge in [-0.25, -0.2) is 9.78 Å². The molecule has 0 radical (unpaired) electrons. The maximum absolute atomic E-state index is 13.1. The molecule has 2 N–H and O–H groups in total. The van der Waals surface area contributed by atoms with Crippen LogP contribution in [-0.2, 0) is 9.53 Å². The number of likely N-dealkylation sites (tertiary alicyclic amines) is 1. The topological polar surface area (TPSA) is 87.3 Å². The number of aromatic nitrogens is 2. The quantitative estimate of drug-likeness (QED) is 0.796. The van der Waals surface area contributed by atoms with Gasteiger partial charge in [-0.2, -0.15) is 0 Å². The fourth-order valence-corrected chi connectivity index (χ4v) is 3.49. The number of aromatic amines is 1. The molecular formula is C18H25BN4O3. The molecule has 138 valence electrons. The van der Waals surface area contributed by atoms with Gasteiger partial charge in [0.1, 0.15) is 19.7 Å². The third-order valence-corrected chi connectivity index (χ3v) is 4.90. The molecule has 0 unspecified atom stereocenters. The van der Waals surface area contributed by atoms with Crippen molar-refractivity contribution in [1.29, 1.82) is 0 Å². The van der Waals surface area contributed by atoms with Crippen LogP contribution in [0.25, 0.3) is 11.0 Å². The lowest BCUT2D eigenvalue weighted by atomic mass is 9.96. The highest BCUT2D eigenvalue weighted by atomic mass is 16.5. The summed E-state index contributed by atoms with van der Waals surface area (Å²) in [5, 5.41) is 2.67. The Morgan fingerprint density at radius 3 is 2.88 bits per heavy atom. The number of benzene rings is 1.